The molecule has 5 nitrogen and oxygen atoms in total. The second-order valence-electron chi connectivity index (χ2n) is 8.67. The lowest BCUT2D eigenvalue weighted by molar-refractivity contribution is -0.119. The minimum Gasteiger partial charge on any atom is -0.284 e. The van der Waals surface area contributed by atoms with E-state index < -0.39 is 0 Å². The molecule has 3 unspecified atom stereocenters. The molecule has 2 fully saturated rings. The monoisotopic (exact) mass is 452 g/mol. The van der Waals surface area contributed by atoms with Crippen LogP contribution in [0.3, 0.4) is 0 Å². The first-order valence-corrected chi connectivity index (χ1v) is 11.5. The maximum absolute atomic E-state index is 13.1. The zero-order chi connectivity index (χ0) is 21.5. The topological polar surface area (TPSA) is 47.9 Å². The molecule has 5 rings (SSSR count). The first-order valence-electron chi connectivity index (χ1n) is 10.7. The van der Waals surface area contributed by atoms with Crippen molar-refractivity contribution in [1.82, 2.24) is 10.4 Å². The summed E-state index contributed by atoms with van der Waals surface area (Å²) in [5, 5.41) is 9.62. The third kappa shape index (κ3) is 4.21. The van der Waals surface area contributed by atoms with Crippen molar-refractivity contribution in [2.24, 2.45) is 16.9 Å². The number of anilines is 1. The zero-order valence-electron chi connectivity index (χ0n) is 17.1. The Morgan fingerprint density at radius 3 is 2.45 bits per heavy atom. The molecule has 2 aromatic carbocycles. The normalized spacial score (nSPS) is 25.5. The molecule has 2 heterocycles. The van der Waals surface area contributed by atoms with Crippen LogP contribution in [0.25, 0.3) is 0 Å². The number of hydrogen-bond donors (Lipinski definition) is 1. The highest BCUT2D eigenvalue weighted by Crippen LogP contribution is 2.40. The van der Waals surface area contributed by atoms with Crippen LogP contribution in [0.4, 0.5) is 5.69 Å². The SMILES string of the molecule is [B]c1ccc(C2CC(C(=O)NN3CC4CCCC4C3)=NN2c2ccc(Cl)cc2Cl)cc1. The molecular weight excluding hydrogens is 430 g/mol. The van der Waals surface area contributed by atoms with Gasteiger partial charge in [-0.3, -0.25) is 15.2 Å². The summed E-state index contributed by atoms with van der Waals surface area (Å²) in [6, 6.07) is 12.8. The van der Waals surface area contributed by atoms with Gasteiger partial charge in [-0.05, 0) is 48.4 Å². The summed E-state index contributed by atoms with van der Waals surface area (Å²) in [6.07, 6.45) is 4.32. The average Bonchev–Trinajstić information content (AvgIpc) is 3.43. The minimum absolute atomic E-state index is 0.145. The van der Waals surface area contributed by atoms with Crippen LogP contribution >= 0.6 is 23.2 Å². The van der Waals surface area contributed by atoms with Crippen molar-refractivity contribution in [2.75, 3.05) is 18.1 Å². The molecule has 0 aromatic heterocycles. The number of amides is 1. The number of rotatable bonds is 4. The molecule has 3 aliphatic rings. The molecule has 0 bridgehead atoms. The fourth-order valence-electron chi connectivity index (χ4n) is 5.05. The van der Waals surface area contributed by atoms with Gasteiger partial charge in [0.2, 0.25) is 0 Å². The second kappa shape index (κ2) is 8.49. The van der Waals surface area contributed by atoms with E-state index in [0.717, 1.165) is 18.7 Å². The highest BCUT2D eigenvalue weighted by molar-refractivity contribution is 6.40. The molecule has 2 radical (unpaired) electrons. The Kier molecular flexibility index (Phi) is 5.72. The summed E-state index contributed by atoms with van der Waals surface area (Å²) in [6.45, 7) is 1.86. The zero-order valence-corrected chi connectivity index (χ0v) is 18.6. The summed E-state index contributed by atoms with van der Waals surface area (Å²) in [5.41, 5.74) is 6.00. The van der Waals surface area contributed by atoms with Gasteiger partial charge in [0, 0.05) is 24.5 Å². The smallest absolute Gasteiger partial charge is 0.281 e. The largest absolute Gasteiger partial charge is 0.284 e. The van der Waals surface area contributed by atoms with Gasteiger partial charge in [0.05, 0.1) is 16.8 Å². The van der Waals surface area contributed by atoms with Gasteiger partial charge in [-0.25, -0.2) is 5.01 Å². The molecule has 3 atom stereocenters. The van der Waals surface area contributed by atoms with E-state index in [0.29, 0.717) is 45.2 Å². The van der Waals surface area contributed by atoms with Crippen LogP contribution in [0, 0.1) is 11.8 Å². The van der Waals surface area contributed by atoms with E-state index in [9.17, 15) is 4.79 Å². The van der Waals surface area contributed by atoms with E-state index in [-0.39, 0.29) is 11.9 Å². The summed E-state index contributed by atoms with van der Waals surface area (Å²) in [7, 11) is 5.87. The van der Waals surface area contributed by atoms with Gasteiger partial charge in [0.1, 0.15) is 13.6 Å². The molecule has 2 aromatic rings. The fraction of sp³-hybridized carbons (Fsp3) is 0.391. The third-order valence-corrected chi connectivity index (χ3v) is 7.17. The van der Waals surface area contributed by atoms with Crippen molar-refractivity contribution in [3.63, 3.8) is 0 Å². The van der Waals surface area contributed by atoms with Gasteiger partial charge in [0.25, 0.3) is 5.91 Å². The van der Waals surface area contributed by atoms with Crippen LogP contribution in [0.2, 0.25) is 10.0 Å². The van der Waals surface area contributed by atoms with Crippen LogP contribution in [0.1, 0.15) is 37.3 Å². The number of fused-ring (bicyclic) bond motifs is 1. The first-order chi connectivity index (χ1) is 15.0. The number of hydrazine groups is 1. The summed E-state index contributed by atoms with van der Waals surface area (Å²) < 4.78 is 0. The standard InChI is InChI=1S/C23H23BCl2N4O/c24-17-6-4-14(5-7-17)22-11-20(27-30(22)21-9-8-18(25)10-19(21)26)23(31)28-29-12-15-2-1-3-16(15)13-29/h4-10,15-16,22H,1-3,11-13H2,(H,28,31). The van der Waals surface area contributed by atoms with Gasteiger partial charge in [-0.2, -0.15) is 5.10 Å². The van der Waals surface area contributed by atoms with E-state index in [1.165, 1.54) is 19.3 Å². The van der Waals surface area contributed by atoms with Gasteiger partial charge in [0.15, 0.2) is 0 Å². The number of nitrogens with zero attached hydrogens (tertiary/aromatic N) is 3. The molecule has 1 amide bonds. The molecule has 8 heteroatoms. The molecule has 0 spiro atoms. The Hall–Kier alpha value is -2.02. The predicted molar refractivity (Wildman–Crippen MR) is 126 cm³/mol. The lowest BCUT2D eigenvalue weighted by atomic mass is 9.92. The minimum atomic E-state index is -0.155. The van der Waals surface area contributed by atoms with Gasteiger partial charge in [-0.1, -0.05) is 59.4 Å². The van der Waals surface area contributed by atoms with E-state index in [1.54, 1.807) is 12.1 Å². The summed E-state index contributed by atoms with van der Waals surface area (Å²) >= 11 is 12.6. The van der Waals surface area contributed by atoms with Crippen molar-refractivity contribution < 1.29 is 4.79 Å². The number of benzene rings is 2. The summed E-state index contributed by atoms with van der Waals surface area (Å²) in [5.74, 6) is 1.27. The van der Waals surface area contributed by atoms with E-state index >= 15 is 0 Å². The molecule has 1 aliphatic carbocycles. The average molecular weight is 453 g/mol. The van der Waals surface area contributed by atoms with Crippen LogP contribution in [0.5, 0.6) is 0 Å². The van der Waals surface area contributed by atoms with Crippen molar-refractivity contribution >= 4 is 53.8 Å². The number of nitrogens with one attached hydrogen (secondary N) is 1. The number of halogens is 2. The molecule has 1 N–H and O–H groups in total. The first kappa shape index (κ1) is 20.9. The Balaban J connectivity index is 1.39. The lowest BCUT2D eigenvalue weighted by Gasteiger charge is -2.25. The maximum Gasteiger partial charge on any atom is 0.281 e. The van der Waals surface area contributed by atoms with Crippen molar-refractivity contribution in [2.45, 2.75) is 31.7 Å². The van der Waals surface area contributed by atoms with Gasteiger partial charge < -0.3 is 0 Å². The highest BCUT2D eigenvalue weighted by Gasteiger charge is 2.38. The Labute approximate surface area is 193 Å². The van der Waals surface area contributed by atoms with Gasteiger partial charge >= 0.3 is 0 Å². The predicted octanol–water partition coefficient (Wildman–Crippen LogP) is 3.86. The molecule has 158 valence electrons. The second-order valence-corrected chi connectivity index (χ2v) is 9.51. The van der Waals surface area contributed by atoms with E-state index in [2.05, 4.69) is 10.4 Å². The number of carbonyl (C=O) groups is 1. The Morgan fingerprint density at radius 1 is 1.06 bits per heavy atom. The molecule has 2 aliphatic heterocycles. The maximum atomic E-state index is 13.1. The van der Waals surface area contributed by atoms with Gasteiger partial charge in [-0.15, -0.1) is 0 Å². The summed E-state index contributed by atoms with van der Waals surface area (Å²) in [4.78, 5) is 13.1. The number of hydrazone groups is 1. The molecular formula is C23H23BCl2N4O. The number of carbonyl (C=O) groups excluding carboxylic acids is 1. The molecule has 1 saturated heterocycles. The van der Waals surface area contributed by atoms with Crippen LogP contribution in [-0.2, 0) is 4.79 Å². The highest BCUT2D eigenvalue weighted by atomic mass is 35.5. The Bertz CT molecular complexity index is 1020. The fourth-order valence-corrected chi connectivity index (χ4v) is 5.54. The van der Waals surface area contributed by atoms with Crippen molar-refractivity contribution in [1.29, 1.82) is 0 Å². The van der Waals surface area contributed by atoms with Crippen molar-refractivity contribution in [3.8, 4) is 0 Å². The third-order valence-electron chi connectivity index (χ3n) is 6.64. The molecule has 1 saturated carbocycles. The lowest BCUT2D eigenvalue weighted by Crippen LogP contribution is -2.44. The molecule has 31 heavy (non-hydrogen) atoms. The van der Waals surface area contributed by atoms with Crippen LogP contribution < -0.4 is 15.9 Å². The quantitative estimate of drug-likeness (QED) is 0.716. The Morgan fingerprint density at radius 2 is 1.77 bits per heavy atom. The van der Waals surface area contributed by atoms with Crippen LogP contribution in [-0.4, -0.2) is 37.6 Å². The van der Waals surface area contributed by atoms with Crippen LogP contribution in [0.15, 0.2) is 47.6 Å². The van der Waals surface area contributed by atoms with Crippen molar-refractivity contribution in [3.05, 3.63) is 58.1 Å². The van der Waals surface area contributed by atoms with E-state index in [1.807, 2.05) is 35.3 Å². The number of hydrogen-bond acceptors (Lipinski definition) is 4. The van der Waals surface area contributed by atoms with E-state index in [4.69, 9.17) is 36.1 Å².